The van der Waals surface area contributed by atoms with Crippen LogP contribution in [-0.4, -0.2) is 37.7 Å². The number of hydrogen-bond acceptors (Lipinski definition) is 3. The van der Waals surface area contributed by atoms with Gasteiger partial charge in [0, 0.05) is 19.1 Å². The maximum absolute atomic E-state index is 5.90. The number of nitrogens with one attached hydrogen (secondary N) is 1. The van der Waals surface area contributed by atoms with E-state index in [-0.39, 0.29) is 0 Å². The van der Waals surface area contributed by atoms with Crippen molar-refractivity contribution in [2.45, 2.75) is 45.7 Å². The van der Waals surface area contributed by atoms with Crippen LogP contribution in [0.3, 0.4) is 0 Å². The van der Waals surface area contributed by atoms with Crippen LogP contribution < -0.4 is 10.1 Å². The third-order valence-electron chi connectivity index (χ3n) is 4.37. The zero-order valence-corrected chi connectivity index (χ0v) is 13.8. The number of likely N-dealkylation sites (N-methyl/N-ethyl adjacent to an activating group) is 1. The first kappa shape index (κ1) is 16.3. The van der Waals surface area contributed by atoms with Gasteiger partial charge < -0.3 is 15.0 Å². The average Bonchev–Trinajstić information content (AvgIpc) is 3.32. The molecular formula is C18H30N2O. The van der Waals surface area contributed by atoms with E-state index in [2.05, 4.69) is 49.3 Å². The summed E-state index contributed by atoms with van der Waals surface area (Å²) in [6, 6.07) is 9.12. The molecule has 1 aliphatic rings. The summed E-state index contributed by atoms with van der Waals surface area (Å²) in [5.74, 6) is 1.90. The largest absolute Gasteiger partial charge is 0.492 e. The lowest BCUT2D eigenvalue weighted by Gasteiger charge is -2.24. The van der Waals surface area contributed by atoms with E-state index in [4.69, 9.17) is 4.74 Å². The predicted octanol–water partition coefficient (Wildman–Crippen LogP) is 3.30. The summed E-state index contributed by atoms with van der Waals surface area (Å²) in [5.41, 5.74) is 1.29. The Labute approximate surface area is 129 Å². The molecule has 1 N–H and O–H groups in total. The van der Waals surface area contributed by atoms with Crippen molar-refractivity contribution in [1.82, 2.24) is 10.2 Å². The maximum Gasteiger partial charge on any atom is 0.119 e. The summed E-state index contributed by atoms with van der Waals surface area (Å²) in [4.78, 5) is 2.42. The van der Waals surface area contributed by atoms with E-state index < -0.39 is 0 Å². The van der Waals surface area contributed by atoms with Crippen LogP contribution in [0.1, 0.15) is 38.7 Å². The number of benzene rings is 1. The monoisotopic (exact) mass is 290 g/mol. The van der Waals surface area contributed by atoms with E-state index in [1.165, 1.54) is 24.8 Å². The van der Waals surface area contributed by atoms with E-state index in [1.807, 2.05) is 6.07 Å². The Morgan fingerprint density at radius 2 is 2.19 bits per heavy atom. The highest BCUT2D eigenvalue weighted by Crippen LogP contribution is 2.34. The van der Waals surface area contributed by atoms with Crippen molar-refractivity contribution in [2.75, 3.05) is 26.7 Å². The van der Waals surface area contributed by atoms with Gasteiger partial charge in [-0.1, -0.05) is 19.1 Å². The highest BCUT2D eigenvalue weighted by atomic mass is 16.5. The number of rotatable bonds is 10. The SMILES string of the molecule is CCCNCc1cccc(OCCN(C)C(C)C2CC2)c1. The topological polar surface area (TPSA) is 24.5 Å². The minimum atomic E-state index is 0.693. The fourth-order valence-electron chi connectivity index (χ4n) is 2.60. The van der Waals surface area contributed by atoms with E-state index >= 15 is 0 Å². The van der Waals surface area contributed by atoms with Crippen molar-refractivity contribution in [3.05, 3.63) is 29.8 Å². The van der Waals surface area contributed by atoms with E-state index in [0.717, 1.165) is 37.9 Å². The Hall–Kier alpha value is -1.06. The summed E-state index contributed by atoms with van der Waals surface area (Å²) in [6.45, 7) is 8.26. The number of hydrogen-bond donors (Lipinski definition) is 1. The second-order valence-electron chi connectivity index (χ2n) is 6.23. The van der Waals surface area contributed by atoms with E-state index in [1.54, 1.807) is 0 Å². The summed E-state index contributed by atoms with van der Waals surface area (Å²) >= 11 is 0. The highest BCUT2D eigenvalue weighted by molar-refractivity contribution is 5.28. The van der Waals surface area contributed by atoms with Gasteiger partial charge in [-0.3, -0.25) is 0 Å². The Morgan fingerprint density at radius 3 is 2.90 bits per heavy atom. The second-order valence-corrected chi connectivity index (χ2v) is 6.23. The molecule has 0 bridgehead atoms. The molecule has 1 aliphatic carbocycles. The molecule has 118 valence electrons. The van der Waals surface area contributed by atoms with Gasteiger partial charge in [0.1, 0.15) is 12.4 Å². The first-order chi connectivity index (χ1) is 10.2. The van der Waals surface area contributed by atoms with E-state index in [0.29, 0.717) is 6.04 Å². The van der Waals surface area contributed by atoms with Crippen molar-refractivity contribution >= 4 is 0 Å². The fraction of sp³-hybridized carbons (Fsp3) is 0.667. The average molecular weight is 290 g/mol. The Bertz CT molecular complexity index is 417. The molecule has 0 radical (unpaired) electrons. The maximum atomic E-state index is 5.90. The molecule has 0 aliphatic heterocycles. The minimum Gasteiger partial charge on any atom is -0.492 e. The third-order valence-corrected chi connectivity index (χ3v) is 4.37. The molecular weight excluding hydrogens is 260 g/mol. The fourth-order valence-corrected chi connectivity index (χ4v) is 2.60. The Balaban J connectivity index is 1.70. The zero-order chi connectivity index (χ0) is 15.1. The molecule has 1 fully saturated rings. The van der Waals surface area contributed by atoms with Gasteiger partial charge in [-0.05, 0) is 63.4 Å². The predicted molar refractivity (Wildman–Crippen MR) is 88.8 cm³/mol. The van der Waals surface area contributed by atoms with Gasteiger partial charge in [-0.2, -0.15) is 0 Å². The van der Waals surface area contributed by atoms with Gasteiger partial charge in [-0.15, -0.1) is 0 Å². The van der Waals surface area contributed by atoms with Crippen molar-refractivity contribution in [3.63, 3.8) is 0 Å². The molecule has 3 nitrogen and oxygen atoms in total. The zero-order valence-electron chi connectivity index (χ0n) is 13.8. The van der Waals surface area contributed by atoms with E-state index in [9.17, 15) is 0 Å². The molecule has 1 saturated carbocycles. The number of nitrogens with zero attached hydrogens (tertiary/aromatic N) is 1. The summed E-state index contributed by atoms with van der Waals surface area (Å²) in [7, 11) is 2.21. The third kappa shape index (κ3) is 5.68. The summed E-state index contributed by atoms with van der Waals surface area (Å²) in [5, 5.41) is 3.42. The quantitative estimate of drug-likeness (QED) is 0.669. The lowest BCUT2D eigenvalue weighted by Crippen LogP contribution is -2.34. The van der Waals surface area contributed by atoms with Gasteiger partial charge in [0.2, 0.25) is 0 Å². The lowest BCUT2D eigenvalue weighted by atomic mass is 10.2. The second kappa shape index (κ2) is 8.40. The first-order valence-corrected chi connectivity index (χ1v) is 8.33. The van der Waals surface area contributed by atoms with Crippen LogP contribution in [0.2, 0.25) is 0 Å². The molecule has 3 heteroatoms. The molecule has 1 aromatic rings. The molecule has 0 spiro atoms. The van der Waals surface area contributed by atoms with Gasteiger partial charge in [-0.25, -0.2) is 0 Å². The molecule has 0 amide bonds. The van der Waals surface area contributed by atoms with Gasteiger partial charge >= 0.3 is 0 Å². The molecule has 1 atom stereocenters. The van der Waals surface area contributed by atoms with Crippen molar-refractivity contribution in [3.8, 4) is 5.75 Å². The van der Waals surface area contributed by atoms with Gasteiger partial charge in [0.15, 0.2) is 0 Å². The van der Waals surface area contributed by atoms with Crippen LogP contribution in [0.4, 0.5) is 0 Å². The van der Waals surface area contributed by atoms with Crippen LogP contribution in [0.15, 0.2) is 24.3 Å². The van der Waals surface area contributed by atoms with Crippen LogP contribution in [0, 0.1) is 5.92 Å². The Kier molecular flexibility index (Phi) is 6.52. The van der Waals surface area contributed by atoms with Crippen LogP contribution in [-0.2, 0) is 6.54 Å². The smallest absolute Gasteiger partial charge is 0.119 e. The first-order valence-electron chi connectivity index (χ1n) is 8.33. The molecule has 21 heavy (non-hydrogen) atoms. The standard InChI is InChI=1S/C18H30N2O/c1-4-10-19-14-16-6-5-7-18(13-16)21-12-11-20(3)15(2)17-8-9-17/h5-7,13,15,17,19H,4,8-12,14H2,1-3H3. The Morgan fingerprint density at radius 1 is 1.38 bits per heavy atom. The van der Waals surface area contributed by atoms with Crippen LogP contribution in [0.5, 0.6) is 5.75 Å². The van der Waals surface area contributed by atoms with Crippen LogP contribution >= 0.6 is 0 Å². The molecule has 1 aromatic carbocycles. The lowest BCUT2D eigenvalue weighted by molar-refractivity contribution is 0.186. The molecule has 1 unspecified atom stereocenters. The van der Waals surface area contributed by atoms with Gasteiger partial charge in [0.25, 0.3) is 0 Å². The summed E-state index contributed by atoms with van der Waals surface area (Å²) in [6.07, 6.45) is 3.97. The van der Waals surface area contributed by atoms with Crippen molar-refractivity contribution < 1.29 is 4.74 Å². The molecule has 0 heterocycles. The highest BCUT2D eigenvalue weighted by Gasteiger charge is 2.30. The van der Waals surface area contributed by atoms with Crippen molar-refractivity contribution in [2.24, 2.45) is 5.92 Å². The normalized spacial score (nSPS) is 16.2. The van der Waals surface area contributed by atoms with Crippen molar-refractivity contribution in [1.29, 1.82) is 0 Å². The molecule has 0 aromatic heterocycles. The van der Waals surface area contributed by atoms with Gasteiger partial charge in [0.05, 0.1) is 0 Å². The van der Waals surface area contributed by atoms with Crippen LogP contribution in [0.25, 0.3) is 0 Å². The minimum absolute atomic E-state index is 0.693. The molecule has 2 rings (SSSR count). The summed E-state index contributed by atoms with van der Waals surface area (Å²) < 4.78 is 5.90. The number of ether oxygens (including phenoxy) is 1. The molecule has 0 saturated heterocycles.